The highest BCUT2D eigenvalue weighted by Gasteiger charge is 2.42. The molecule has 4 heteroatoms. The van der Waals surface area contributed by atoms with Gasteiger partial charge in [-0.2, -0.15) is 0 Å². The van der Waals surface area contributed by atoms with Gasteiger partial charge in [0.05, 0.1) is 24.4 Å². The van der Waals surface area contributed by atoms with E-state index in [-0.39, 0.29) is 18.1 Å². The molecule has 0 N–H and O–H groups in total. The Bertz CT molecular complexity index is 409. The Labute approximate surface area is 126 Å². The third-order valence-corrected chi connectivity index (χ3v) is 5.52. The highest BCUT2D eigenvalue weighted by molar-refractivity contribution is 5.98. The van der Waals surface area contributed by atoms with Crippen LogP contribution in [0.25, 0.3) is 0 Å². The molecule has 4 nitrogen and oxygen atoms in total. The first-order valence-corrected chi connectivity index (χ1v) is 8.18. The molecule has 0 saturated heterocycles. The van der Waals surface area contributed by atoms with Crippen LogP contribution in [0.2, 0.25) is 0 Å². The topological polar surface area (TPSA) is 44.8 Å². The van der Waals surface area contributed by atoms with Crippen molar-refractivity contribution in [3.05, 3.63) is 11.8 Å². The molecule has 2 aliphatic carbocycles. The molecule has 21 heavy (non-hydrogen) atoms. The lowest BCUT2D eigenvalue weighted by atomic mass is 9.73. The Morgan fingerprint density at radius 3 is 2.33 bits per heavy atom. The standard InChI is InChI=1S/C17H26O4/c1-19-12-5-3-11(4-6-12)15-10-21-16-9-13(20-2)7-8-14(16)17(15)18/h10-14,16H,3-9H2,1-2H3. The number of fused-ring (bicyclic) bond motifs is 1. The van der Waals surface area contributed by atoms with Gasteiger partial charge in [-0.25, -0.2) is 0 Å². The zero-order chi connectivity index (χ0) is 14.8. The van der Waals surface area contributed by atoms with E-state index >= 15 is 0 Å². The van der Waals surface area contributed by atoms with Crippen LogP contribution in [-0.2, 0) is 19.0 Å². The van der Waals surface area contributed by atoms with Crippen molar-refractivity contribution in [3.63, 3.8) is 0 Å². The van der Waals surface area contributed by atoms with Crippen LogP contribution >= 0.6 is 0 Å². The molecule has 3 unspecified atom stereocenters. The Kier molecular flexibility index (Phi) is 4.65. The summed E-state index contributed by atoms with van der Waals surface area (Å²) in [5, 5.41) is 0. The molecule has 1 heterocycles. The van der Waals surface area contributed by atoms with Gasteiger partial charge < -0.3 is 14.2 Å². The Morgan fingerprint density at radius 1 is 1.00 bits per heavy atom. The van der Waals surface area contributed by atoms with Gasteiger partial charge in [-0.3, -0.25) is 4.79 Å². The number of ether oxygens (including phenoxy) is 3. The summed E-state index contributed by atoms with van der Waals surface area (Å²) < 4.78 is 16.7. The summed E-state index contributed by atoms with van der Waals surface area (Å²) >= 11 is 0. The lowest BCUT2D eigenvalue weighted by Crippen LogP contribution is -2.43. The molecule has 2 saturated carbocycles. The average Bonchev–Trinajstić information content (AvgIpc) is 2.55. The summed E-state index contributed by atoms with van der Waals surface area (Å²) in [4.78, 5) is 12.8. The minimum absolute atomic E-state index is 0.0234. The molecule has 0 radical (unpaired) electrons. The molecule has 1 aliphatic heterocycles. The van der Waals surface area contributed by atoms with Gasteiger partial charge in [0.15, 0.2) is 5.78 Å². The number of allylic oxidation sites excluding steroid dienone is 1. The fourth-order valence-electron chi connectivity index (χ4n) is 4.10. The Balaban J connectivity index is 1.65. The van der Waals surface area contributed by atoms with Crippen LogP contribution in [0.1, 0.15) is 44.9 Å². The third-order valence-electron chi connectivity index (χ3n) is 5.52. The zero-order valence-corrected chi connectivity index (χ0v) is 13.0. The molecular formula is C17H26O4. The van der Waals surface area contributed by atoms with E-state index < -0.39 is 0 Å². The van der Waals surface area contributed by atoms with Crippen LogP contribution in [0.15, 0.2) is 11.8 Å². The molecule has 2 fully saturated rings. The van der Waals surface area contributed by atoms with Gasteiger partial charge >= 0.3 is 0 Å². The van der Waals surface area contributed by atoms with Gasteiger partial charge in [0.25, 0.3) is 0 Å². The van der Waals surface area contributed by atoms with Gasteiger partial charge in [-0.1, -0.05) is 0 Å². The summed E-state index contributed by atoms with van der Waals surface area (Å²) in [5.74, 6) is 0.753. The molecule has 3 aliphatic rings. The van der Waals surface area contributed by atoms with Gasteiger partial charge in [-0.05, 0) is 44.4 Å². The van der Waals surface area contributed by atoms with Gasteiger partial charge in [0, 0.05) is 26.2 Å². The summed E-state index contributed by atoms with van der Waals surface area (Å²) in [7, 11) is 3.52. The molecule has 3 atom stereocenters. The maximum atomic E-state index is 12.8. The monoisotopic (exact) mass is 294 g/mol. The second-order valence-electron chi connectivity index (χ2n) is 6.60. The van der Waals surface area contributed by atoms with Crippen molar-refractivity contribution >= 4 is 5.78 Å². The van der Waals surface area contributed by atoms with Crippen LogP contribution in [0.5, 0.6) is 0 Å². The molecule has 0 aromatic heterocycles. The molecular weight excluding hydrogens is 268 g/mol. The summed E-state index contributed by atoms with van der Waals surface area (Å²) in [6.45, 7) is 0. The van der Waals surface area contributed by atoms with Crippen LogP contribution in [0.3, 0.4) is 0 Å². The van der Waals surface area contributed by atoms with Crippen molar-refractivity contribution in [1.29, 1.82) is 0 Å². The molecule has 0 amide bonds. The quantitative estimate of drug-likeness (QED) is 0.803. The fraction of sp³-hybridized carbons (Fsp3) is 0.824. The summed E-state index contributed by atoms with van der Waals surface area (Å²) in [6.07, 6.45) is 9.27. The number of hydrogen-bond acceptors (Lipinski definition) is 4. The van der Waals surface area contributed by atoms with Gasteiger partial charge in [0.2, 0.25) is 0 Å². The van der Waals surface area contributed by atoms with Crippen LogP contribution in [0, 0.1) is 11.8 Å². The van der Waals surface area contributed by atoms with E-state index in [1.165, 1.54) is 0 Å². The number of carbonyl (C=O) groups excluding carboxylic acids is 1. The number of hydrogen-bond donors (Lipinski definition) is 0. The number of methoxy groups -OCH3 is 2. The number of rotatable bonds is 3. The molecule has 0 spiro atoms. The Morgan fingerprint density at radius 2 is 1.67 bits per heavy atom. The van der Waals surface area contributed by atoms with Crippen molar-refractivity contribution in [2.75, 3.05) is 14.2 Å². The first kappa shape index (κ1) is 15.0. The largest absolute Gasteiger partial charge is 0.497 e. The Hall–Kier alpha value is -0.870. The maximum absolute atomic E-state index is 12.8. The lowest BCUT2D eigenvalue weighted by Gasteiger charge is -2.39. The minimum atomic E-state index is 0.0234. The van der Waals surface area contributed by atoms with Crippen molar-refractivity contribution < 1.29 is 19.0 Å². The molecule has 118 valence electrons. The number of ketones is 1. The molecule has 0 bridgehead atoms. The lowest BCUT2D eigenvalue weighted by molar-refractivity contribution is -0.131. The van der Waals surface area contributed by atoms with Crippen LogP contribution < -0.4 is 0 Å². The van der Waals surface area contributed by atoms with Gasteiger partial charge in [0.1, 0.15) is 6.10 Å². The van der Waals surface area contributed by atoms with E-state index in [2.05, 4.69) is 0 Å². The normalized spacial score (nSPS) is 40.2. The van der Waals surface area contributed by atoms with Crippen molar-refractivity contribution in [2.45, 2.75) is 63.3 Å². The van der Waals surface area contributed by atoms with Gasteiger partial charge in [-0.15, -0.1) is 0 Å². The molecule has 0 aromatic rings. The predicted octanol–water partition coefficient (Wildman–Crippen LogP) is 2.86. The highest BCUT2D eigenvalue weighted by Crippen LogP contribution is 2.39. The summed E-state index contributed by atoms with van der Waals surface area (Å²) in [5.41, 5.74) is 0.932. The second kappa shape index (κ2) is 6.49. The van der Waals surface area contributed by atoms with Crippen molar-refractivity contribution in [3.8, 4) is 0 Å². The van der Waals surface area contributed by atoms with E-state index in [4.69, 9.17) is 14.2 Å². The van der Waals surface area contributed by atoms with Crippen molar-refractivity contribution in [1.82, 2.24) is 0 Å². The summed E-state index contributed by atoms with van der Waals surface area (Å²) in [6, 6.07) is 0. The maximum Gasteiger partial charge on any atom is 0.168 e. The average molecular weight is 294 g/mol. The van der Waals surface area contributed by atoms with E-state index in [0.29, 0.717) is 17.8 Å². The molecule has 0 aromatic carbocycles. The second-order valence-corrected chi connectivity index (χ2v) is 6.60. The minimum Gasteiger partial charge on any atom is -0.497 e. The SMILES string of the molecule is COC1CCC(C2=COC3CC(OC)CCC3C2=O)CC1. The van der Waals surface area contributed by atoms with Crippen LogP contribution in [-0.4, -0.2) is 38.3 Å². The number of carbonyl (C=O) groups is 1. The first-order valence-electron chi connectivity index (χ1n) is 8.18. The zero-order valence-electron chi connectivity index (χ0n) is 13.0. The smallest absolute Gasteiger partial charge is 0.168 e. The van der Waals surface area contributed by atoms with Crippen LogP contribution in [0.4, 0.5) is 0 Å². The first-order chi connectivity index (χ1) is 10.2. The van der Waals surface area contributed by atoms with E-state index in [1.807, 2.05) is 0 Å². The van der Waals surface area contributed by atoms with E-state index in [0.717, 1.165) is 50.5 Å². The van der Waals surface area contributed by atoms with E-state index in [1.54, 1.807) is 20.5 Å². The molecule has 3 rings (SSSR count). The van der Waals surface area contributed by atoms with Crippen molar-refractivity contribution in [2.24, 2.45) is 11.8 Å². The van der Waals surface area contributed by atoms with E-state index in [9.17, 15) is 4.79 Å². The fourth-order valence-corrected chi connectivity index (χ4v) is 4.10. The predicted molar refractivity (Wildman–Crippen MR) is 78.9 cm³/mol. The highest BCUT2D eigenvalue weighted by atomic mass is 16.5. The third kappa shape index (κ3) is 3.02. The number of Topliss-reactive ketones (excluding diaryl/α,β-unsaturated/α-hetero) is 1.